The lowest BCUT2D eigenvalue weighted by Gasteiger charge is -2.11. The molecule has 2 heterocycles. The van der Waals surface area contributed by atoms with Crippen LogP contribution < -0.4 is 16.4 Å². The van der Waals surface area contributed by atoms with Gasteiger partial charge >= 0.3 is 0 Å². The molecule has 8 heteroatoms. The number of carbonyl (C=O) groups excluding carboxylic acids is 2. The molecule has 0 aliphatic carbocycles. The fourth-order valence-electron chi connectivity index (χ4n) is 3.59. The fourth-order valence-corrected chi connectivity index (χ4v) is 3.59. The number of aromatic nitrogens is 2. The van der Waals surface area contributed by atoms with Crippen LogP contribution in [0.5, 0.6) is 0 Å². The first-order valence-electron chi connectivity index (χ1n) is 11.5. The van der Waals surface area contributed by atoms with Crippen molar-refractivity contribution in [1.82, 2.24) is 14.9 Å². The summed E-state index contributed by atoms with van der Waals surface area (Å²) in [6.45, 7) is 0. The van der Waals surface area contributed by atoms with Crippen LogP contribution in [0.4, 0.5) is 22.9 Å². The molecule has 0 unspecified atom stereocenters. The second-order valence-electron chi connectivity index (χ2n) is 8.59. The summed E-state index contributed by atoms with van der Waals surface area (Å²) in [4.78, 5) is 34.7. The smallest absolute Gasteiger partial charge is 0.253 e. The van der Waals surface area contributed by atoms with E-state index in [1.165, 1.54) is 0 Å². The number of hydrogen-bond donors (Lipinski definition) is 3. The molecule has 0 aliphatic rings. The van der Waals surface area contributed by atoms with Gasteiger partial charge in [-0.05, 0) is 60.0 Å². The quantitative estimate of drug-likeness (QED) is 0.314. The number of nitrogens with two attached hydrogens (primary N) is 1. The van der Waals surface area contributed by atoms with E-state index in [9.17, 15) is 9.59 Å². The van der Waals surface area contributed by atoms with Crippen LogP contribution >= 0.6 is 0 Å². The number of hydrogen-bond acceptors (Lipinski definition) is 6. The second kappa shape index (κ2) is 11.1. The molecule has 2 aromatic carbocycles. The van der Waals surface area contributed by atoms with Crippen LogP contribution in [0.25, 0.3) is 11.1 Å². The molecule has 0 aliphatic heterocycles. The van der Waals surface area contributed by atoms with Gasteiger partial charge < -0.3 is 21.3 Å². The maximum absolute atomic E-state index is 12.4. The van der Waals surface area contributed by atoms with E-state index in [-0.39, 0.29) is 11.8 Å². The van der Waals surface area contributed by atoms with E-state index in [2.05, 4.69) is 20.6 Å². The van der Waals surface area contributed by atoms with Crippen LogP contribution in [0.1, 0.15) is 22.3 Å². The van der Waals surface area contributed by atoms with Crippen LogP contribution in [0.2, 0.25) is 0 Å². The third-order valence-electron chi connectivity index (χ3n) is 5.55. The van der Waals surface area contributed by atoms with E-state index in [0.29, 0.717) is 41.3 Å². The number of amides is 2. The van der Waals surface area contributed by atoms with E-state index in [4.69, 9.17) is 5.73 Å². The Kier molecular flexibility index (Phi) is 7.55. The molecule has 2 aromatic heterocycles. The Hall–Kier alpha value is -4.72. The monoisotopic (exact) mass is 480 g/mol. The highest BCUT2D eigenvalue weighted by Gasteiger charge is 2.09. The number of anilines is 4. The highest BCUT2D eigenvalue weighted by molar-refractivity contribution is 5.94. The number of rotatable bonds is 8. The number of pyridine rings is 2. The molecule has 0 atom stereocenters. The summed E-state index contributed by atoms with van der Waals surface area (Å²) in [5, 5.41) is 6.10. The molecule has 8 nitrogen and oxygen atoms in total. The lowest BCUT2D eigenvalue weighted by Crippen LogP contribution is -2.21. The number of carbonyl (C=O) groups is 2. The zero-order valence-electron chi connectivity index (χ0n) is 20.2. The van der Waals surface area contributed by atoms with Crippen molar-refractivity contribution in [2.45, 2.75) is 12.8 Å². The standard InChI is InChI=1S/C28H28N6O2/c1-34(2)28(36)21-8-6-20(7-9-21)22-10-13-26(31-16-22)32-24-15-25(18-30-17-24)33-27(35)14-5-19-3-11-23(29)12-4-19/h3-4,6-13,15-18H,5,14,29H2,1-2H3,(H,31,32)(H,33,35). The molecule has 0 spiro atoms. The van der Waals surface area contributed by atoms with Gasteiger partial charge in [0.25, 0.3) is 5.91 Å². The highest BCUT2D eigenvalue weighted by atomic mass is 16.2. The van der Waals surface area contributed by atoms with Crippen molar-refractivity contribution in [3.05, 3.63) is 96.4 Å². The van der Waals surface area contributed by atoms with Crippen molar-refractivity contribution in [3.63, 3.8) is 0 Å². The summed E-state index contributed by atoms with van der Waals surface area (Å²) >= 11 is 0. The first kappa shape index (κ1) is 24.4. The normalized spacial score (nSPS) is 10.5. The van der Waals surface area contributed by atoms with Crippen LogP contribution in [0.15, 0.2) is 85.3 Å². The number of nitrogens with zero attached hydrogens (tertiary/aromatic N) is 3. The highest BCUT2D eigenvalue weighted by Crippen LogP contribution is 2.23. The van der Waals surface area contributed by atoms with Gasteiger partial charge in [0.05, 0.1) is 23.8 Å². The summed E-state index contributed by atoms with van der Waals surface area (Å²) < 4.78 is 0. The van der Waals surface area contributed by atoms with Gasteiger partial charge in [-0.25, -0.2) is 4.98 Å². The first-order chi connectivity index (χ1) is 17.4. The molecule has 4 rings (SSSR count). The van der Waals surface area contributed by atoms with Gasteiger partial charge in [0.1, 0.15) is 5.82 Å². The van der Waals surface area contributed by atoms with Crippen LogP contribution in [-0.4, -0.2) is 40.8 Å². The molecule has 36 heavy (non-hydrogen) atoms. The Morgan fingerprint density at radius 3 is 2.22 bits per heavy atom. The maximum atomic E-state index is 12.4. The summed E-state index contributed by atoms with van der Waals surface area (Å²) in [7, 11) is 3.46. The molecule has 0 bridgehead atoms. The Balaban J connectivity index is 1.34. The zero-order chi connectivity index (χ0) is 25.5. The lowest BCUT2D eigenvalue weighted by molar-refractivity contribution is -0.116. The Morgan fingerprint density at radius 2 is 1.56 bits per heavy atom. The molecule has 0 fully saturated rings. The van der Waals surface area contributed by atoms with Crippen molar-refractivity contribution in [1.29, 1.82) is 0 Å². The fraction of sp³-hybridized carbons (Fsp3) is 0.143. The molecular formula is C28H28N6O2. The van der Waals surface area contributed by atoms with E-state index in [0.717, 1.165) is 16.7 Å². The molecule has 0 radical (unpaired) electrons. The minimum Gasteiger partial charge on any atom is -0.399 e. The molecule has 2 amide bonds. The number of benzene rings is 2. The molecule has 4 aromatic rings. The van der Waals surface area contributed by atoms with Gasteiger partial charge in [-0.15, -0.1) is 0 Å². The topological polar surface area (TPSA) is 113 Å². The van der Waals surface area contributed by atoms with Gasteiger partial charge in [-0.2, -0.15) is 0 Å². The number of nitrogen functional groups attached to an aromatic ring is 1. The zero-order valence-corrected chi connectivity index (χ0v) is 20.2. The van der Waals surface area contributed by atoms with E-state index < -0.39 is 0 Å². The lowest BCUT2D eigenvalue weighted by atomic mass is 10.1. The minimum atomic E-state index is -0.0912. The van der Waals surface area contributed by atoms with E-state index in [1.54, 1.807) is 37.6 Å². The number of nitrogens with one attached hydrogen (secondary N) is 2. The largest absolute Gasteiger partial charge is 0.399 e. The Morgan fingerprint density at radius 1 is 0.861 bits per heavy atom. The Bertz CT molecular complexity index is 1330. The summed E-state index contributed by atoms with van der Waals surface area (Å²) in [5.74, 6) is 0.520. The predicted molar refractivity (Wildman–Crippen MR) is 143 cm³/mol. The number of aryl methyl sites for hydroxylation is 1. The maximum Gasteiger partial charge on any atom is 0.253 e. The SMILES string of the molecule is CN(C)C(=O)c1ccc(-c2ccc(Nc3cncc(NC(=O)CCc4ccc(N)cc4)c3)nc2)cc1. The predicted octanol–water partition coefficient (Wildman–Crippen LogP) is 4.74. The van der Waals surface area contributed by atoms with Crippen molar-refractivity contribution in [2.75, 3.05) is 30.5 Å². The average Bonchev–Trinajstić information content (AvgIpc) is 2.89. The minimum absolute atomic E-state index is 0.0342. The van der Waals surface area contributed by atoms with Gasteiger partial charge in [0, 0.05) is 43.5 Å². The summed E-state index contributed by atoms with van der Waals surface area (Å²) in [6.07, 6.45) is 6.02. The van der Waals surface area contributed by atoms with Crippen LogP contribution in [0, 0.1) is 0 Å². The van der Waals surface area contributed by atoms with Crippen LogP contribution in [-0.2, 0) is 11.2 Å². The molecule has 0 saturated carbocycles. The van der Waals surface area contributed by atoms with Crippen molar-refractivity contribution >= 4 is 34.7 Å². The average molecular weight is 481 g/mol. The van der Waals surface area contributed by atoms with Crippen molar-refractivity contribution < 1.29 is 9.59 Å². The van der Waals surface area contributed by atoms with Crippen LogP contribution in [0.3, 0.4) is 0 Å². The molecule has 4 N–H and O–H groups in total. The third kappa shape index (κ3) is 6.44. The molecular weight excluding hydrogens is 452 g/mol. The van der Waals surface area contributed by atoms with E-state index in [1.807, 2.05) is 66.7 Å². The molecule has 0 saturated heterocycles. The summed E-state index contributed by atoms with van der Waals surface area (Å²) in [5.41, 5.74) is 11.3. The van der Waals surface area contributed by atoms with Crippen molar-refractivity contribution in [2.24, 2.45) is 0 Å². The molecule has 182 valence electrons. The van der Waals surface area contributed by atoms with Gasteiger partial charge in [0.15, 0.2) is 0 Å². The van der Waals surface area contributed by atoms with Crippen molar-refractivity contribution in [3.8, 4) is 11.1 Å². The van der Waals surface area contributed by atoms with Gasteiger partial charge in [0.2, 0.25) is 5.91 Å². The summed E-state index contributed by atoms with van der Waals surface area (Å²) in [6, 6.07) is 20.6. The van der Waals surface area contributed by atoms with Gasteiger partial charge in [-0.1, -0.05) is 24.3 Å². The third-order valence-corrected chi connectivity index (χ3v) is 5.55. The van der Waals surface area contributed by atoms with Gasteiger partial charge in [-0.3, -0.25) is 14.6 Å². The first-order valence-corrected chi connectivity index (χ1v) is 11.5. The second-order valence-corrected chi connectivity index (χ2v) is 8.59. The van der Waals surface area contributed by atoms with E-state index >= 15 is 0 Å². The Labute approximate surface area is 210 Å².